The zero-order valence-electron chi connectivity index (χ0n) is 18.3. The van der Waals surface area contributed by atoms with Crippen LogP contribution in [0.3, 0.4) is 0 Å². The second-order valence-corrected chi connectivity index (χ2v) is 10.4. The SMILES string of the molecule is Cc1nn(C)cc1-c1cc2c(N3CCC(NS(=O)(=O)c4ccc(Cl)cc4)CC3)ncnc2[nH]1. The Hall–Kier alpha value is -2.95. The third-order valence-electron chi connectivity index (χ3n) is 5.95. The first kappa shape index (κ1) is 21.9. The Kier molecular flexibility index (Phi) is 5.59. The highest BCUT2D eigenvalue weighted by Crippen LogP contribution is 2.31. The van der Waals surface area contributed by atoms with Crippen LogP contribution < -0.4 is 9.62 Å². The van der Waals surface area contributed by atoms with Crippen molar-refractivity contribution in [3.63, 3.8) is 0 Å². The van der Waals surface area contributed by atoms with Crippen LogP contribution in [0.5, 0.6) is 0 Å². The molecule has 1 fully saturated rings. The molecule has 5 rings (SSSR count). The zero-order chi connectivity index (χ0) is 23.2. The minimum absolute atomic E-state index is 0.140. The number of aromatic nitrogens is 5. The van der Waals surface area contributed by atoms with E-state index >= 15 is 0 Å². The summed E-state index contributed by atoms with van der Waals surface area (Å²) >= 11 is 5.88. The lowest BCUT2D eigenvalue weighted by Crippen LogP contribution is -2.44. The lowest BCUT2D eigenvalue weighted by molar-refractivity contribution is 0.459. The molecule has 172 valence electrons. The number of aromatic amines is 1. The molecule has 0 unspecified atom stereocenters. The quantitative estimate of drug-likeness (QED) is 0.449. The Balaban J connectivity index is 1.32. The number of aryl methyl sites for hydroxylation is 2. The number of fused-ring (bicyclic) bond motifs is 1. The summed E-state index contributed by atoms with van der Waals surface area (Å²) in [6.07, 6.45) is 4.89. The van der Waals surface area contributed by atoms with E-state index in [1.165, 1.54) is 12.1 Å². The molecule has 1 aliphatic rings. The molecular weight excluding hydrogens is 462 g/mol. The average Bonchev–Trinajstić information content (AvgIpc) is 3.36. The minimum Gasteiger partial charge on any atom is -0.356 e. The van der Waals surface area contributed by atoms with Gasteiger partial charge in [-0.1, -0.05) is 11.6 Å². The van der Waals surface area contributed by atoms with Gasteiger partial charge < -0.3 is 9.88 Å². The van der Waals surface area contributed by atoms with Gasteiger partial charge in [-0.25, -0.2) is 23.1 Å². The lowest BCUT2D eigenvalue weighted by Gasteiger charge is -2.33. The van der Waals surface area contributed by atoms with E-state index in [-0.39, 0.29) is 10.9 Å². The summed E-state index contributed by atoms with van der Waals surface area (Å²) in [5.74, 6) is 0.850. The Bertz CT molecular complexity index is 1400. The highest BCUT2D eigenvalue weighted by atomic mass is 35.5. The number of sulfonamides is 1. The standard InChI is InChI=1S/C22H24ClN7O2S/c1-14-19(12-29(2)27-14)20-11-18-21(26-20)24-13-25-22(18)30-9-7-16(8-10-30)28-33(31,32)17-5-3-15(23)4-6-17/h3-6,11-13,16,28H,7-10H2,1-2H3,(H,24,25,26). The van der Waals surface area contributed by atoms with Gasteiger partial charge in [-0.2, -0.15) is 5.10 Å². The van der Waals surface area contributed by atoms with Crippen LogP contribution in [0.15, 0.2) is 47.8 Å². The minimum atomic E-state index is -3.59. The summed E-state index contributed by atoms with van der Waals surface area (Å²) in [7, 11) is -1.69. The van der Waals surface area contributed by atoms with Crippen LogP contribution in [0.1, 0.15) is 18.5 Å². The van der Waals surface area contributed by atoms with Crippen molar-refractivity contribution in [3.8, 4) is 11.3 Å². The van der Waals surface area contributed by atoms with Crippen LogP contribution in [0.25, 0.3) is 22.3 Å². The molecule has 33 heavy (non-hydrogen) atoms. The normalized spacial score (nSPS) is 15.4. The van der Waals surface area contributed by atoms with Crippen LogP contribution in [0.4, 0.5) is 5.82 Å². The predicted octanol–water partition coefficient (Wildman–Crippen LogP) is 3.27. The Morgan fingerprint density at radius 3 is 2.55 bits per heavy atom. The molecule has 0 spiro atoms. The second-order valence-electron chi connectivity index (χ2n) is 8.28. The molecule has 0 amide bonds. The maximum Gasteiger partial charge on any atom is 0.240 e. The Labute approximate surface area is 196 Å². The van der Waals surface area contributed by atoms with Crippen molar-refractivity contribution >= 4 is 38.5 Å². The fourth-order valence-corrected chi connectivity index (χ4v) is 5.73. The van der Waals surface area contributed by atoms with Gasteiger partial charge in [-0.15, -0.1) is 0 Å². The molecule has 3 aromatic heterocycles. The van der Waals surface area contributed by atoms with E-state index in [2.05, 4.69) is 35.7 Å². The van der Waals surface area contributed by atoms with Gasteiger partial charge >= 0.3 is 0 Å². The van der Waals surface area contributed by atoms with E-state index in [1.807, 2.05) is 20.2 Å². The predicted molar refractivity (Wildman–Crippen MR) is 128 cm³/mol. The summed E-state index contributed by atoms with van der Waals surface area (Å²) in [5, 5.41) is 5.87. The molecule has 4 heterocycles. The molecule has 0 bridgehead atoms. The van der Waals surface area contributed by atoms with Gasteiger partial charge in [0, 0.05) is 43.0 Å². The Morgan fingerprint density at radius 2 is 1.88 bits per heavy atom. The van der Waals surface area contributed by atoms with Crippen LogP contribution >= 0.6 is 11.6 Å². The first-order valence-corrected chi connectivity index (χ1v) is 12.5. The summed E-state index contributed by atoms with van der Waals surface area (Å²) < 4.78 is 30.0. The highest BCUT2D eigenvalue weighted by Gasteiger charge is 2.26. The van der Waals surface area contributed by atoms with Gasteiger partial charge in [0.1, 0.15) is 17.8 Å². The van der Waals surface area contributed by atoms with Gasteiger partial charge in [0.25, 0.3) is 0 Å². The molecule has 11 heteroatoms. The summed E-state index contributed by atoms with van der Waals surface area (Å²) in [6.45, 7) is 3.35. The lowest BCUT2D eigenvalue weighted by atomic mass is 10.1. The highest BCUT2D eigenvalue weighted by molar-refractivity contribution is 7.89. The summed E-state index contributed by atoms with van der Waals surface area (Å²) in [5.41, 5.74) is 3.68. The number of hydrogen-bond acceptors (Lipinski definition) is 6. The van der Waals surface area contributed by atoms with Crippen LogP contribution in [-0.2, 0) is 17.1 Å². The van der Waals surface area contributed by atoms with Gasteiger partial charge in [0.15, 0.2) is 0 Å². The molecule has 4 aromatic rings. The van der Waals surface area contributed by atoms with E-state index in [4.69, 9.17) is 11.6 Å². The van der Waals surface area contributed by atoms with Crippen molar-refractivity contribution in [1.29, 1.82) is 0 Å². The molecule has 0 atom stereocenters. The third kappa shape index (κ3) is 4.33. The Morgan fingerprint density at radius 1 is 1.15 bits per heavy atom. The molecule has 0 saturated carbocycles. The first-order valence-electron chi connectivity index (χ1n) is 10.7. The largest absolute Gasteiger partial charge is 0.356 e. The maximum absolute atomic E-state index is 12.7. The molecule has 9 nitrogen and oxygen atoms in total. The van der Waals surface area contributed by atoms with E-state index in [9.17, 15) is 8.42 Å². The van der Waals surface area contributed by atoms with Gasteiger partial charge in [0.05, 0.1) is 21.7 Å². The second kappa shape index (κ2) is 8.44. The van der Waals surface area contributed by atoms with E-state index in [0.29, 0.717) is 31.0 Å². The smallest absolute Gasteiger partial charge is 0.240 e. The number of H-pyrrole nitrogens is 1. The molecule has 0 aliphatic carbocycles. The van der Waals surface area contributed by atoms with Gasteiger partial charge in [-0.05, 0) is 50.1 Å². The number of benzene rings is 1. The number of nitrogens with one attached hydrogen (secondary N) is 2. The number of halogens is 1. The van der Waals surface area contributed by atoms with Crippen molar-refractivity contribution in [2.24, 2.45) is 7.05 Å². The fourth-order valence-electron chi connectivity index (χ4n) is 4.30. The number of hydrogen-bond donors (Lipinski definition) is 2. The molecule has 1 aromatic carbocycles. The topological polar surface area (TPSA) is 109 Å². The van der Waals surface area contributed by atoms with Crippen molar-refractivity contribution in [2.45, 2.75) is 30.7 Å². The van der Waals surface area contributed by atoms with E-state index in [1.54, 1.807) is 23.1 Å². The molecule has 1 saturated heterocycles. The maximum atomic E-state index is 12.7. The number of anilines is 1. The van der Waals surface area contributed by atoms with Crippen LogP contribution in [0.2, 0.25) is 5.02 Å². The number of piperidine rings is 1. The van der Waals surface area contributed by atoms with Crippen molar-refractivity contribution < 1.29 is 8.42 Å². The number of rotatable bonds is 5. The monoisotopic (exact) mass is 485 g/mol. The molecular formula is C22H24ClN7O2S. The van der Waals surface area contributed by atoms with Crippen molar-refractivity contribution in [1.82, 2.24) is 29.5 Å². The summed E-state index contributed by atoms with van der Waals surface area (Å²) in [4.78, 5) is 14.7. The van der Waals surface area contributed by atoms with Crippen LogP contribution in [-0.4, -0.2) is 52.3 Å². The van der Waals surface area contributed by atoms with E-state index < -0.39 is 10.0 Å². The van der Waals surface area contributed by atoms with E-state index in [0.717, 1.165) is 33.8 Å². The molecule has 1 aliphatic heterocycles. The number of nitrogens with zero attached hydrogens (tertiary/aromatic N) is 5. The van der Waals surface area contributed by atoms with Crippen molar-refractivity contribution in [3.05, 3.63) is 53.6 Å². The van der Waals surface area contributed by atoms with Crippen LogP contribution in [0, 0.1) is 6.92 Å². The van der Waals surface area contributed by atoms with Crippen molar-refractivity contribution in [2.75, 3.05) is 18.0 Å². The third-order valence-corrected chi connectivity index (χ3v) is 7.74. The zero-order valence-corrected chi connectivity index (χ0v) is 19.9. The average molecular weight is 486 g/mol. The first-order chi connectivity index (χ1) is 15.8. The van der Waals surface area contributed by atoms with Gasteiger partial charge in [-0.3, -0.25) is 4.68 Å². The fraction of sp³-hybridized carbons (Fsp3) is 0.318. The molecule has 2 N–H and O–H groups in total. The molecule has 0 radical (unpaired) electrons. The summed E-state index contributed by atoms with van der Waals surface area (Å²) in [6, 6.07) is 8.12. The van der Waals surface area contributed by atoms with Gasteiger partial charge in [0.2, 0.25) is 10.0 Å².